The molecule has 0 bridgehead atoms. The van der Waals surface area contributed by atoms with Crippen molar-refractivity contribution in [1.82, 2.24) is 9.55 Å². The number of hydrogen-bond acceptors (Lipinski definition) is 2. The Bertz CT molecular complexity index is 745. The van der Waals surface area contributed by atoms with E-state index in [2.05, 4.69) is 54.7 Å². The summed E-state index contributed by atoms with van der Waals surface area (Å²) in [6.45, 7) is 6.99. The fourth-order valence-electron chi connectivity index (χ4n) is 2.48. The zero-order valence-corrected chi connectivity index (χ0v) is 12.7. The molecule has 3 nitrogen and oxygen atoms in total. The van der Waals surface area contributed by atoms with E-state index in [1.54, 1.807) is 0 Å². The maximum atomic E-state index is 5.82. The number of fused-ring (bicyclic) bond motifs is 1. The smallest absolute Gasteiger partial charge is 0.215 e. The van der Waals surface area contributed by atoms with Crippen LogP contribution in [0.15, 0.2) is 48.7 Å². The van der Waals surface area contributed by atoms with Crippen LogP contribution in [0.5, 0.6) is 5.88 Å². The first-order valence-corrected chi connectivity index (χ1v) is 7.30. The topological polar surface area (TPSA) is 27.1 Å². The molecule has 0 saturated heterocycles. The Labute approximate surface area is 125 Å². The van der Waals surface area contributed by atoms with Gasteiger partial charge in [-0.1, -0.05) is 30.3 Å². The molecular formula is C18H20N2O. The van der Waals surface area contributed by atoms with Crippen molar-refractivity contribution in [2.75, 3.05) is 0 Å². The molecule has 0 amide bonds. The summed E-state index contributed by atoms with van der Waals surface area (Å²) in [7, 11) is 0. The van der Waals surface area contributed by atoms with E-state index in [0.717, 1.165) is 11.2 Å². The van der Waals surface area contributed by atoms with Gasteiger partial charge in [0.2, 0.25) is 5.88 Å². The third kappa shape index (κ3) is 2.77. The highest BCUT2D eigenvalue weighted by molar-refractivity contribution is 5.80. The summed E-state index contributed by atoms with van der Waals surface area (Å²) in [5.74, 6) is 0.673. The number of aryl methyl sites for hydroxylation is 1. The molecule has 0 unspecified atom stereocenters. The summed E-state index contributed by atoms with van der Waals surface area (Å²) in [4.78, 5) is 4.67. The van der Waals surface area contributed by atoms with Crippen molar-refractivity contribution in [2.45, 2.75) is 33.4 Å². The van der Waals surface area contributed by atoms with E-state index in [-0.39, 0.29) is 0 Å². The molecule has 2 aromatic heterocycles. The van der Waals surface area contributed by atoms with Crippen LogP contribution in [-0.4, -0.2) is 9.55 Å². The molecule has 0 N–H and O–H groups in total. The molecule has 0 saturated carbocycles. The highest BCUT2D eigenvalue weighted by Crippen LogP contribution is 2.25. The Kier molecular flexibility index (Phi) is 3.65. The van der Waals surface area contributed by atoms with Crippen LogP contribution in [-0.2, 0) is 6.61 Å². The second kappa shape index (κ2) is 5.60. The van der Waals surface area contributed by atoms with Crippen molar-refractivity contribution < 1.29 is 4.74 Å². The van der Waals surface area contributed by atoms with Crippen molar-refractivity contribution >= 4 is 11.0 Å². The van der Waals surface area contributed by atoms with Crippen molar-refractivity contribution in [2.24, 2.45) is 0 Å². The van der Waals surface area contributed by atoms with Crippen LogP contribution in [0.25, 0.3) is 11.0 Å². The molecule has 3 aromatic rings. The molecule has 0 radical (unpaired) electrons. The Hall–Kier alpha value is -2.29. The Balaban J connectivity index is 1.88. The number of rotatable bonds is 4. The zero-order chi connectivity index (χ0) is 14.8. The minimum atomic E-state index is 0.387. The second-order valence-electron chi connectivity index (χ2n) is 5.61. The minimum absolute atomic E-state index is 0.387. The van der Waals surface area contributed by atoms with Gasteiger partial charge in [0.15, 0.2) is 0 Å². The van der Waals surface area contributed by atoms with E-state index >= 15 is 0 Å². The van der Waals surface area contributed by atoms with Crippen LogP contribution in [0.3, 0.4) is 0 Å². The summed E-state index contributed by atoms with van der Waals surface area (Å²) in [6, 6.07) is 14.6. The number of pyridine rings is 1. The van der Waals surface area contributed by atoms with E-state index in [1.807, 2.05) is 24.3 Å². The Morgan fingerprint density at radius 2 is 1.86 bits per heavy atom. The summed E-state index contributed by atoms with van der Waals surface area (Å²) >= 11 is 0. The molecule has 0 spiro atoms. The quantitative estimate of drug-likeness (QED) is 0.703. The van der Waals surface area contributed by atoms with Crippen LogP contribution >= 0.6 is 0 Å². The summed E-state index contributed by atoms with van der Waals surface area (Å²) < 4.78 is 8.01. The lowest BCUT2D eigenvalue weighted by Gasteiger charge is -2.10. The Morgan fingerprint density at radius 3 is 2.57 bits per heavy atom. The normalized spacial score (nSPS) is 11.2. The average molecular weight is 280 g/mol. The monoisotopic (exact) mass is 280 g/mol. The van der Waals surface area contributed by atoms with Gasteiger partial charge in [0.05, 0.1) is 0 Å². The third-order valence-electron chi connectivity index (χ3n) is 3.64. The van der Waals surface area contributed by atoms with Crippen LogP contribution < -0.4 is 4.74 Å². The predicted molar refractivity (Wildman–Crippen MR) is 85.6 cm³/mol. The molecule has 0 aliphatic carbocycles. The van der Waals surface area contributed by atoms with E-state index < -0.39 is 0 Å². The van der Waals surface area contributed by atoms with Gasteiger partial charge in [-0.05, 0) is 38.0 Å². The summed E-state index contributed by atoms with van der Waals surface area (Å²) in [5, 5.41) is 1.19. The highest BCUT2D eigenvalue weighted by atomic mass is 16.5. The van der Waals surface area contributed by atoms with Crippen LogP contribution in [0, 0.1) is 6.92 Å². The van der Waals surface area contributed by atoms with Gasteiger partial charge in [-0.3, -0.25) is 0 Å². The third-order valence-corrected chi connectivity index (χ3v) is 3.64. The maximum Gasteiger partial charge on any atom is 0.215 e. The predicted octanol–water partition coefficient (Wildman–Crippen LogP) is 4.50. The number of benzene rings is 1. The van der Waals surface area contributed by atoms with E-state index in [4.69, 9.17) is 4.74 Å². The first kappa shape index (κ1) is 13.7. The van der Waals surface area contributed by atoms with Crippen LogP contribution in [0.1, 0.15) is 31.0 Å². The van der Waals surface area contributed by atoms with Crippen molar-refractivity contribution in [3.63, 3.8) is 0 Å². The average Bonchev–Trinajstić information content (AvgIpc) is 2.83. The number of hydrogen-bond donors (Lipinski definition) is 0. The van der Waals surface area contributed by atoms with Crippen molar-refractivity contribution in [3.05, 3.63) is 59.8 Å². The van der Waals surface area contributed by atoms with Gasteiger partial charge in [-0.15, -0.1) is 0 Å². The van der Waals surface area contributed by atoms with Gasteiger partial charge in [-0.2, -0.15) is 4.98 Å². The van der Waals surface area contributed by atoms with Crippen molar-refractivity contribution in [3.8, 4) is 5.88 Å². The minimum Gasteiger partial charge on any atom is -0.473 e. The summed E-state index contributed by atoms with van der Waals surface area (Å²) in [5.41, 5.74) is 3.39. The van der Waals surface area contributed by atoms with Crippen LogP contribution in [0.2, 0.25) is 0 Å². The van der Waals surface area contributed by atoms with E-state index in [0.29, 0.717) is 18.5 Å². The van der Waals surface area contributed by atoms with Gasteiger partial charge in [-0.25, -0.2) is 0 Å². The van der Waals surface area contributed by atoms with Crippen molar-refractivity contribution in [1.29, 1.82) is 0 Å². The van der Waals surface area contributed by atoms with E-state index in [1.165, 1.54) is 10.9 Å². The number of nitrogens with zero attached hydrogens (tertiary/aromatic N) is 2. The molecule has 0 aliphatic rings. The lowest BCUT2D eigenvalue weighted by molar-refractivity contribution is 0.294. The lowest BCUT2D eigenvalue weighted by Crippen LogP contribution is -2.01. The SMILES string of the molecule is Cc1cn(C(C)C)c2nc(OCc3ccccc3)ccc12. The Morgan fingerprint density at radius 1 is 1.10 bits per heavy atom. The largest absolute Gasteiger partial charge is 0.473 e. The standard InChI is InChI=1S/C18H20N2O/c1-13(2)20-11-14(3)16-9-10-17(19-18(16)20)21-12-15-7-5-4-6-8-15/h4-11,13H,12H2,1-3H3. The molecule has 0 atom stereocenters. The van der Waals surface area contributed by atoms with E-state index in [9.17, 15) is 0 Å². The molecule has 3 heteroatoms. The summed E-state index contributed by atoms with van der Waals surface area (Å²) in [6.07, 6.45) is 2.16. The van der Waals surface area contributed by atoms with Crippen LogP contribution in [0.4, 0.5) is 0 Å². The first-order valence-electron chi connectivity index (χ1n) is 7.30. The highest BCUT2D eigenvalue weighted by Gasteiger charge is 2.10. The second-order valence-corrected chi connectivity index (χ2v) is 5.61. The molecule has 1 aromatic carbocycles. The molecule has 0 fully saturated rings. The van der Waals surface area contributed by atoms with Gasteiger partial charge in [0.1, 0.15) is 12.3 Å². The molecule has 2 heterocycles. The maximum absolute atomic E-state index is 5.82. The number of ether oxygens (including phenoxy) is 1. The number of aromatic nitrogens is 2. The lowest BCUT2D eigenvalue weighted by atomic mass is 10.2. The fraction of sp³-hybridized carbons (Fsp3) is 0.278. The molecule has 0 aliphatic heterocycles. The zero-order valence-electron chi connectivity index (χ0n) is 12.7. The first-order chi connectivity index (χ1) is 10.1. The molecule has 21 heavy (non-hydrogen) atoms. The van der Waals surface area contributed by atoms with Gasteiger partial charge < -0.3 is 9.30 Å². The van der Waals surface area contributed by atoms with Gasteiger partial charge in [0.25, 0.3) is 0 Å². The molecule has 108 valence electrons. The fourth-order valence-corrected chi connectivity index (χ4v) is 2.48. The molecule has 3 rings (SSSR count). The molecular weight excluding hydrogens is 260 g/mol. The van der Waals surface area contributed by atoms with Gasteiger partial charge in [0, 0.05) is 23.7 Å². The van der Waals surface area contributed by atoms with Gasteiger partial charge >= 0.3 is 0 Å².